The van der Waals surface area contributed by atoms with Gasteiger partial charge in [-0.15, -0.1) is 0 Å². The zero-order chi connectivity index (χ0) is 23.3. The lowest BCUT2D eigenvalue weighted by molar-refractivity contribution is -0.146. The Morgan fingerprint density at radius 2 is 1.62 bits per heavy atom. The summed E-state index contributed by atoms with van der Waals surface area (Å²) < 4.78 is 11.1. The monoisotopic (exact) mass is 445 g/mol. The number of imide groups is 1. The summed E-state index contributed by atoms with van der Waals surface area (Å²) in [6, 6.07) is 5.07. The number of nitrogens with one attached hydrogen (secondary N) is 1. The fourth-order valence-electron chi connectivity index (χ4n) is 4.28. The van der Waals surface area contributed by atoms with Crippen LogP contribution in [0.2, 0.25) is 0 Å². The van der Waals surface area contributed by atoms with Gasteiger partial charge in [-0.25, -0.2) is 0 Å². The van der Waals surface area contributed by atoms with Gasteiger partial charge >= 0.3 is 0 Å². The third-order valence-electron chi connectivity index (χ3n) is 5.86. The Labute approximate surface area is 188 Å². The van der Waals surface area contributed by atoms with Gasteiger partial charge in [0.25, 0.3) is 0 Å². The number of hydrogen-bond donors (Lipinski definition) is 1. The van der Waals surface area contributed by atoms with Crippen LogP contribution in [0.3, 0.4) is 0 Å². The summed E-state index contributed by atoms with van der Waals surface area (Å²) in [5, 5.41) is 2.73. The lowest BCUT2D eigenvalue weighted by atomic mass is 9.81. The molecule has 0 aromatic heterocycles. The molecule has 1 aliphatic heterocycles. The predicted octanol–water partition coefficient (Wildman–Crippen LogP) is 2.06. The van der Waals surface area contributed by atoms with Gasteiger partial charge < -0.3 is 19.7 Å². The van der Waals surface area contributed by atoms with E-state index in [-0.39, 0.29) is 36.7 Å². The van der Waals surface area contributed by atoms with Crippen LogP contribution in [0.1, 0.15) is 39.5 Å². The summed E-state index contributed by atoms with van der Waals surface area (Å²) in [5.41, 5.74) is 0.511. The number of ether oxygens (including phenoxy) is 2. The van der Waals surface area contributed by atoms with Crippen LogP contribution in [0.25, 0.3) is 0 Å². The maximum absolute atomic E-state index is 12.6. The van der Waals surface area contributed by atoms with E-state index in [1.807, 2.05) is 13.8 Å². The van der Waals surface area contributed by atoms with Crippen molar-refractivity contribution in [3.63, 3.8) is 0 Å². The van der Waals surface area contributed by atoms with Gasteiger partial charge in [-0.1, -0.05) is 12.8 Å². The number of anilines is 1. The number of likely N-dealkylation sites (N-methyl/N-ethyl adjacent to an activating group) is 1. The van der Waals surface area contributed by atoms with Gasteiger partial charge in [0.05, 0.1) is 31.6 Å². The number of benzene rings is 1. The Kier molecular flexibility index (Phi) is 7.71. The van der Waals surface area contributed by atoms with Crippen molar-refractivity contribution in [3.8, 4) is 11.5 Å². The second-order valence-electron chi connectivity index (χ2n) is 8.09. The van der Waals surface area contributed by atoms with Gasteiger partial charge in [0.15, 0.2) is 11.5 Å². The fourth-order valence-corrected chi connectivity index (χ4v) is 4.28. The number of carbonyl (C=O) groups is 4. The molecule has 0 spiro atoms. The predicted molar refractivity (Wildman–Crippen MR) is 117 cm³/mol. The number of likely N-dealkylation sites (tertiary alicyclic amines) is 1. The number of hydrogen-bond acceptors (Lipinski definition) is 6. The molecule has 3 rings (SSSR count). The molecule has 0 radical (unpaired) electrons. The van der Waals surface area contributed by atoms with Crippen molar-refractivity contribution >= 4 is 29.3 Å². The lowest BCUT2D eigenvalue weighted by Crippen LogP contribution is -2.44. The summed E-state index contributed by atoms with van der Waals surface area (Å²) in [6.07, 6.45) is 3.26. The molecule has 2 aliphatic rings. The first-order chi connectivity index (χ1) is 15.3. The van der Waals surface area contributed by atoms with E-state index < -0.39 is 11.8 Å². The molecule has 32 heavy (non-hydrogen) atoms. The van der Waals surface area contributed by atoms with E-state index in [1.54, 1.807) is 18.2 Å². The molecule has 9 heteroatoms. The quantitative estimate of drug-likeness (QED) is 0.584. The van der Waals surface area contributed by atoms with Crippen molar-refractivity contribution in [1.29, 1.82) is 0 Å². The highest BCUT2D eigenvalue weighted by Gasteiger charge is 2.48. The largest absolute Gasteiger partial charge is 0.490 e. The van der Waals surface area contributed by atoms with E-state index in [2.05, 4.69) is 5.32 Å². The van der Waals surface area contributed by atoms with E-state index in [0.29, 0.717) is 43.2 Å². The Balaban J connectivity index is 1.56. The Hall–Kier alpha value is -3.10. The van der Waals surface area contributed by atoms with E-state index in [1.165, 1.54) is 11.9 Å². The Morgan fingerprint density at radius 3 is 2.22 bits per heavy atom. The smallest absolute Gasteiger partial charge is 0.243 e. The minimum Gasteiger partial charge on any atom is -0.490 e. The lowest BCUT2D eigenvalue weighted by Gasteiger charge is -2.21. The van der Waals surface area contributed by atoms with Crippen LogP contribution >= 0.6 is 0 Å². The molecule has 0 unspecified atom stereocenters. The topological polar surface area (TPSA) is 105 Å². The van der Waals surface area contributed by atoms with Crippen molar-refractivity contribution in [3.05, 3.63) is 18.2 Å². The first kappa shape index (κ1) is 23.6. The molecule has 0 bridgehead atoms. The maximum atomic E-state index is 12.6. The molecule has 1 saturated heterocycles. The summed E-state index contributed by atoms with van der Waals surface area (Å²) in [4.78, 5) is 52.5. The minimum atomic E-state index is -0.456. The average molecular weight is 446 g/mol. The van der Waals surface area contributed by atoms with Crippen molar-refractivity contribution in [2.75, 3.05) is 38.7 Å². The van der Waals surface area contributed by atoms with E-state index in [0.717, 1.165) is 17.7 Å². The summed E-state index contributed by atoms with van der Waals surface area (Å²) in [7, 11) is 1.48. The second-order valence-corrected chi connectivity index (χ2v) is 8.09. The zero-order valence-corrected chi connectivity index (χ0v) is 18.9. The highest BCUT2D eigenvalue weighted by molar-refractivity contribution is 6.07. The number of fused-ring (bicyclic) bond motifs is 1. The number of nitrogens with zero attached hydrogens (tertiary/aromatic N) is 2. The molecule has 1 N–H and O–H groups in total. The van der Waals surface area contributed by atoms with Crippen LogP contribution in [0, 0.1) is 11.8 Å². The molecular weight excluding hydrogens is 414 g/mol. The summed E-state index contributed by atoms with van der Waals surface area (Å²) in [6.45, 7) is 4.12. The molecule has 1 aromatic carbocycles. The molecule has 174 valence electrons. The molecule has 2 atom stereocenters. The number of amides is 4. The molecular formula is C23H31N3O6. The first-order valence-electron chi connectivity index (χ1n) is 11.1. The van der Waals surface area contributed by atoms with Crippen molar-refractivity contribution in [1.82, 2.24) is 9.80 Å². The number of carbonyl (C=O) groups excluding carboxylic acids is 4. The minimum absolute atomic E-state index is 0.209. The second kappa shape index (κ2) is 10.5. The SMILES string of the molecule is CCOc1ccc(NC(=O)CN(C)C(=O)CN2C(=O)[C@H]3CCCC[C@H]3C2=O)cc1OCC. The van der Waals surface area contributed by atoms with Gasteiger partial charge in [0.2, 0.25) is 23.6 Å². The zero-order valence-electron chi connectivity index (χ0n) is 18.9. The molecule has 1 aromatic rings. The average Bonchev–Trinajstić information content (AvgIpc) is 3.01. The number of rotatable bonds is 9. The molecule has 1 heterocycles. The third-order valence-corrected chi connectivity index (χ3v) is 5.86. The van der Waals surface area contributed by atoms with Crippen LogP contribution in [0.4, 0.5) is 5.69 Å². The van der Waals surface area contributed by atoms with Gasteiger partial charge in [-0.3, -0.25) is 24.1 Å². The van der Waals surface area contributed by atoms with Crippen LogP contribution in [-0.2, 0) is 19.2 Å². The molecule has 4 amide bonds. The molecule has 9 nitrogen and oxygen atoms in total. The van der Waals surface area contributed by atoms with Gasteiger partial charge in [0.1, 0.15) is 6.54 Å². The highest BCUT2D eigenvalue weighted by atomic mass is 16.5. The van der Waals surface area contributed by atoms with E-state index in [4.69, 9.17) is 9.47 Å². The third kappa shape index (κ3) is 5.20. The van der Waals surface area contributed by atoms with Gasteiger partial charge in [-0.05, 0) is 38.8 Å². The van der Waals surface area contributed by atoms with Gasteiger partial charge in [-0.2, -0.15) is 0 Å². The first-order valence-corrected chi connectivity index (χ1v) is 11.1. The summed E-state index contributed by atoms with van der Waals surface area (Å²) >= 11 is 0. The van der Waals surface area contributed by atoms with Crippen molar-refractivity contribution in [2.24, 2.45) is 11.8 Å². The van der Waals surface area contributed by atoms with Crippen molar-refractivity contribution < 1.29 is 28.7 Å². The van der Waals surface area contributed by atoms with E-state index >= 15 is 0 Å². The maximum Gasteiger partial charge on any atom is 0.243 e. The molecule has 1 saturated carbocycles. The van der Waals surface area contributed by atoms with Crippen LogP contribution in [0.15, 0.2) is 18.2 Å². The summed E-state index contributed by atoms with van der Waals surface area (Å²) in [5.74, 6) is -0.868. The fraction of sp³-hybridized carbons (Fsp3) is 0.565. The van der Waals surface area contributed by atoms with Crippen LogP contribution in [-0.4, -0.2) is 66.8 Å². The van der Waals surface area contributed by atoms with Gasteiger partial charge in [0, 0.05) is 18.8 Å². The van der Waals surface area contributed by atoms with Crippen molar-refractivity contribution in [2.45, 2.75) is 39.5 Å². The van der Waals surface area contributed by atoms with Crippen LogP contribution < -0.4 is 14.8 Å². The molecule has 2 fully saturated rings. The molecule has 1 aliphatic carbocycles. The van der Waals surface area contributed by atoms with Crippen LogP contribution in [0.5, 0.6) is 11.5 Å². The Bertz CT molecular complexity index is 862. The van der Waals surface area contributed by atoms with E-state index in [9.17, 15) is 19.2 Å². The standard InChI is InChI=1S/C23H31N3O6/c1-4-31-18-11-10-15(12-19(18)32-5-2)24-20(27)13-25(3)21(28)14-26-22(29)16-8-6-7-9-17(16)23(26)30/h10-12,16-17H,4-9,13-14H2,1-3H3,(H,24,27)/t16-,17+. The normalized spacial score (nSPS) is 20.0. The Morgan fingerprint density at radius 1 is 1.03 bits per heavy atom. The highest BCUT2D eigenvalue weighted by Crippen LogP contribution is 2.38.